The van der Waals surface area contributed by atoms with Gasteiger partial charge < -0.3 is 5.73 Å². The summed E-state index contributed by atoms with van der Waals surface area (Å²) in [7, 11) is 0. The molecule has 82 valence electrons. The fourth-order valence-electron chi connectivity index (χ4n) is 1.97. The number of allylic oxidation sites excluding steroid dienone is 1. The molecule has 1 rings (SSSR count). The number of hydrogen-bond acceptors (Lipinski definition) is 1. The van der Waals surface area contributed by atoms with E-state index in [0.29, 0.717) is 12.5 Å². The number of hydrogen-bond donors (Lipinski definition) is 1. The Bertz CT molecular complexity index is 350. The van der Waals surface area contributed by atoms with Crippen molar-refractivity contribution in [1.82, 2.24) is 0 Å². The van der Waals surface area contributed by atoms with E-state index >= 15 is 0 Å². The van der Waals surface area contributed by atoms with Gasteiger partial charge in [-0.05, 0) is 42.5 Å². The molecule has 0 atom stereocenters. The second-order valence-corrected chi connectivity index (χ2v) is 4.35. The van der Waals surface area contributed by atoms with Crippen LogP contribution in [-0.2, 0) is 6.42 Å². The third-order valence-electron chi connectivity index (χ3n) is 2.69. The van der Waals surface area contributed by atoms with Crippen LogP contribution >= 0.6 is 0 Å². The normalized spacial score (nSPS) is 10.7. The Labute approximate surface area is 93.0 Å². The van der Waals surface area contributed by atoms with Crippen LogP contribution in [0.4, 0.5) is 0 Å². The van der Waals surface area contributed by atoms with Gasteiger partial charge in [0.2, 0.25) is 0 Å². The first-order valence-electron chi connectivity index (χ1n) is 5.55. The van der Waals surface area contributed by atoms with Crippen molar-refractivity contribution in [2.24, 2.45) is 5.73 Å². The van der Waals surface area contributed by atoms with Crippen molar-refractivity contribution >= 4 is 5.57 Å². The van der Waals surface area contributed by atoms with Gasteiger partial charge in [-0.2, -0.15) is 0 Å². The molecule has 2 N–H and O–H groups in total. The first kappa shape index (κ1) is 12.0. The second kappa shape index (κ2) is 5.13. The molecule has 0 aliphatic heterocycles. The molecule has 0 saturated heterocycles. The predicted octanol–water partition coefficient (Wildman–Crippen LogP) is 3.34. The molecule has 0 spiro atoms. The summed E-state index contributed by atoms with van der Waals surface area (Å²) in [5.74, 6) is 0.547. The van der Waals surface area contributed by atoms with E-state index in [1.165, 1.54) is 16.7 Å². The summed E-state index contributed by atoms with van der Waals surface area (Å²) < 4.78 is 0. The van der Waals surface area contributed by atoms with Crippen LogP contribution in [0.3, 0.4) is 0 Å². The molecule has 0 unspecified atom stereocenters. The molecule has 0 aromatic heterocycles. The summed E-state index contributed by atoms with van der Waals surface area (Å²) in [4.78, 5) is 0. The van der Waals surface area contributed by atoms with Gasteiger partial charge in [0, 0.05) is 0 Å². The van der Waals surface area contributed by atoms with E-state index in [2.05, 4.69) is 45.5 Å². The van der Waals surface area contributed by atoms with Crippen LogP contribution in [0.1, 0.15) is 43.4 Å². The maximum atomic E-state index is 5.67. The van der Waals surface area contributed by atoms with Gasteiger partial charge in [0.15, 0.2) is 0 Å². The van der Waals surface area contributed by atoms with Crippen molar-refractivity contribution in [3.8, 4) is 0 Å². The Balaban J connectivity index is 3.28. The molecule has 0 fully saturated rings. The van der Waals surface area contributed by atoms with E-state index in [4.69, 9.17) is 5.73 Å². The van der Waals surface area contributed by atoms with E-state index in [1.807, 2.05) is 0 Å². The predicted molar refractivity (Wildman–Crippen MR) is 68.0 cm³/mol. The van der Waals surface area contributed by atoms with Crippen molar-refractivity contribution in [3.63, 3.8) is 0 Å². The SMILES string of the molecule is C=C(C)c1cccc(C(C)C)c1CCN. The first-order chi connectivity index (χ1) is 7.07. The summed E-state index contributed by atoms with van der Waals surface area (Å²) >= 11 is 0. The van der Waals surface area contributed by atoms with Crippen molar-refractivity contribution in [2.75, 3.05) is 6.54 Å². The van der Waals surface area contributed by atoms with E-state index in [0.717, 1.165) is 12.0 Å². The Hall–Kier alpha value is -1.08. The molecule has 1 nitrogen and oxygen atoms in total. The van der Waals surface area contributed by atoms with Crippen molar-refractivity contribution in [3.05, 3.63) is 41.5 Å². The fourth-order valence-corrected chi connectivity index (χ4v) is 1.97. The van der Waals surface area contributed by atoms with E-state index < -0.39 is 0 Å². The minimum atomic E-state index is 0.547. The van der Waals surface area contributed by atoms with Crippen LogP contribution in [-0.4, -0.2) is 6.54 Å². The smallest absolute Gasteiger partial charge is 0.00364 e. The van der Waals surface area contributed by atoms with Crippen LogP contribution in [0.25, 0.3) is 5.57 Å². The third-order valence-corrected chi connectivity index (χ3v) is 2.69. The van der Waals surface area contributed by atoms with Gasteiger partial charge in [0.1, 0.15) is 0 Å². The molecule has 0 aliphatic rings. The highest BCUT2D eigenvalue weighted by atomic mass is 14.5. The molecule has 0 bridgehead atoms. The van der Waals surface area contributed by atoms with E-state index in [1.54, 1.807) is 0 Å². The van der Waals surface area contributed by atoms with Gasteiger partial charge >= 0.3 is 0 Å². The summed E-state index contributed by atoms with van der Waals surface area (Å²) in [5, 5.41) is 0. The molecule has 1 aromatic carbocycles. The van der Waals surface area contributed by atoms with Crippen LogP contribution in [0, 0.1) is 0 Å². The Morgan fingerprint density at radius 2 is 2.07 bits per heavy atom. The molecule has 1 heteroatoms. The monoisotopic (exact) mass is 203 g/mol. The highest BCUT2D eigenvalue weighted by Gasteiger charge is 2.10. The quantitative estimate of drug-likeness (QED) is 0.798. The summed E-state index contributed by atoms with van der Waals surface area (Å²) in [6.45, 7) is 11.2. The topological polar surface area (TPSA) is 26.0 Å². The Morgan fingerprint density at radius 1 is 1.40 bits per heavy atom. The molecule has 1 aromatic rings. The zero-order valence-corrected chi connectivity index (χ0v) is 10.0. The largest absolute Gasteiger partial charge is 0.330 e. The first-order valence-corrected chi connectivity index (χ1v) is 5.55. The van der Waals surface area contributed by atoms with Crippen molar-refractivity contribution in [2.45, 2.75) is 33.1 Å². The lowest BCUT2D eigenvalue weighted by Gasteiger charge is -2.16. The maximum Gasteiger partial charge on any atom is -0.00364 e. The van der Waals surface area contributed by atoms with Gasteiger partial charge in [-0.3, -0.25) is 0 Å². The van der Waals surface area contributed by atoms with Crippen LogP contribution in [0.2, 0.25) is 0 Å². The number of rotatable bonds is 4. The minimum Gasteiger partial charge on any atom is -0.330 e. The molecule has 15 heavy (non-hydrogen) atoms. The summed E-state index contributed by atoms with van der Waals surface area (Å²) in [5.41, 5.74) is 10.8. The standard InChI is InChI=1S/C14H21N/c1-10(2)12-6-5-7-13(11(3)4)14(12)8-9-15/h5-7,11H,1,8-9,15H2,2-4H3. The van der Waals surface area contributed by atoms with Gasteiger partial charge in [0.05, 0.1) is 0 Å². The lowest BCUT2D eigenvalue weighted by molar-refractivity contribution is 0.830. The van der Waals surface area contributed by atoms with Gasteiger partial charge in [-0.25, -0.2) is 0 Å². The Morgan fingerprint density at radius 3 is 2.53 bits per heavy atom. The zero-order valence-electron chi connectivity index (χ0n) is 10.0. The average molecular weight is 203 g/mol. The van der Waals surface area contributed by atoms with Crippen molar-refractivity contribution in [1.29, 1.82) is 0 Å². The molecular weight excluding hydrogens is 182 g/mol. The molecule has 0 aliphatic carbocycles. The molecule has 0 amide bonds. The number of nitrogens with two attached hydrogens (primary N) is 1. The van der Waals surface area contributed by atoms with Gasteiger partial charge in [-0.15, -0.1) is 0 Å². The molecular formula is C14H21N. The average Bonchev–Trinajstić information content (AvgIpc) is 2.17. The Kier molecular flexibility index (Phi) is 4.10. The summed E-state index contributed by atoms with van der Waals surface area (Å²) in [6.07, 6.45) is 0.941. The van der Waals surface area contributed by atoms with Crippen LogP contribution < -0.4 is 5.73 Å². The number of benzene rings is 1. The molecule has 0 heterocycles. The second-order valence-electron chi connectivity index (χ2n) is 4.35. The van der Waals surface area contributed by atoms with Gasteiger partial charge in [0.25, 0.3) is 0 Å². The van der Waals surface area contributed by atoms with E-state index in [9.17, 15) is 0 Å². The zero-order chi connectivity index (χ0) is 11.4. The molecule has 0 saturated carbocycles. The van der Waals surface area contributed by atoms with Crippen molar-refractivity contribution < 1.29 is 0 Å². The van der Waals surface area contributed by atoms with Gasteiger partial charge in [-0.1, -0.05) is 44.2 Å². The fraction of sp³-hybridized carbons (Fsp3) is 0.429. The lowest BCUT2D eigenvalue weighted by Crippen LogP contribution is -2.08. The van der Waals surface area contributed by atoms with Crippen LogP contribution in [0.5, 0.6) is 0 Å². The van der Waals surface area contributed by atoms with E-state index in [-0.39, 0.29) is 0 Å². The minimum absolute atomic E-state index is 0.547. The van der Waals surface area contributed by atoms with Crippen LogP contribution in [0.15, 0.2) is 24.8 Å². The highest BCUT2D eigenvalue weighted by molar-refractivity contribution is 5.66. The lowest BCUT2D eigenvalue weighted by atomic mass is 9.89. The molecule has 0 radical (unpaired) electrons. The highest BCUT2D eigenvalue weighted by Crippen LogP contribution is 2.26. The third kappa shape index (κ3) is 2.69. The summed E-state index contributed by atoms with van der Waals surface area (Å²) in [6, 6.07) is 6.45. The maximum absolute atomic E-state index is 5.67.